The number of sulfonamides is 1. The molecule has 1 heterocycles. The van der Waals surface area contributed by atoms with Crippen LogP contribution in [0, 0.1) is 11.3 Å². The van der Waals surface area contributed by atoms with Gasteiger partial charge in [-0.25, -0.2) is 8.42 Å². The third-order valence-electron chi connectivity index (χ3n) is 4.69. The molecule has 0 saturated carbocycles. The van der Waals surface area contributed by atoms with Crippen molar-refractivity contribution in [3.05, 3.63) is 65.7 Å². The van der Waals surface area contributed by atoms with Crippen molar-refractivity contribution in [2.75, 3.05) is 26.2 Å². The summed E-state index contributed by atoms with van der Waals surface area (Å²) in [6, 6.07) is 15.0. The number of nitrogens with zero attached hydrogens (tertiary/aromatic N) is 3. The molecule has 3 rings (SSSR count). The summed E-state index contributed by atoms with van der Waals surface area (Å²) >= 11 is 0. The van der Waals surface area contributed by atoms with E-state index in [-0.39, 0.29) is 26.2 Å². The monoisotopic (exact) mass is 409 g/mol. The lowest BCUT2D eigenvalue weighted by molar-refractivity contribution is -0.139. The van der Waals surface area contributed by atoms with E-state index in [1.165, 1.54) is 6.07 Å². The number of piperazine rings is 1. The predicted octanol–water partition coefficient (Wildman–Crippen LogP) is 3.28. The number of halogens is 3. The topological polar surface area (TPSA) is 64.4 Å². The van der Waals surface area contributed by atoms with E-state index in [1.807, 2.05) is 35.2 Å². The SMILES string of the molecule is N#CC(c1ccccc1)N1CCN(S(=O)(=O)c2ccccc2C(F)(F)F)CC1. The van der Waals surface area contributed by atoms with Gasteiger partial charge in [0.25, 0.3) is 0 Å². The lowest BCUT2D eigenvalue weighted by Gasteiger charge is -2.36. The third-order valence-corrected chi connectivity index (χ3v) is 6.64. The Balaban J connectivity index is 1.79. The van der Waals surface area contributed by atoms with Crippen molar-refractivity contribution in [2.24, 2.45) is 0 Å². The highest BCUT2D eigenvalue weighted by atomic mass is 32.2. The number of benzene rings is 2. The summed E-state index contributed by atoms with van der Waals surface area (Å²) in [6.07, 6.45) is -4.76. The molecule has 2 aromatic rings. The summed E-state index contributed by atoms with van der Waals surface area (Å²) in [7, 11) is -4.29. The molecular formula is C19H18F3N3O2S. The first-order chi connectivity index (χ1) is 13.2. The molecule has 1 unspecified atom stereocenters. The molecule has 1 aliphatic heterocycles. The molecule has 0 bridgehead atoms. The Hall–Kier alpha value is -2.41. The van der Waals surface area contributed by atoms with Gasteiger partial charge in [0.1, 0.15) is 6.04 Å². The van der Waals surface area contributed by atoms with E-state index in [9.17, 15) is 26.9 Å². The Bertz CT molecular complexity index is 964. The van der Waals surface area contributed by atoms with Gasteiger partial charge in [-0.05, 0) is 17.7 Å². The van der Waals surface area contributed by atoms with Gasteiger partial charge in [-0.1, -0.05) is 42.5 Å². The van der Waals surface area contributed by atoms with Crippen LogP contribution >= 0.6 is 0 Å². The average Bonchev–Trinajstić information content (AvgIpc) is 2.69. The van der Waals surface area contributed by atoms with Crippen LogP contribution in [-0.4, -0.2) is 43.8 Å². The van der Waals surface area contributed by atoms with Gasteiger partial charge in [0.05, 0.1) is 16.5 Å². The van der Waals surface area contributed by atoms with Crippen molar-refractivity contribution in [3.63, 3.8) is 0 Å². The second-order valence-corrected chi connectivity index (χ2v) is 8.28. The quantitative estimate of drug-likeness (QED) is 0.778. The van der Waals surface area contributed by atoms with Crippen molar-refractivity contribution >= 4 is 10.0 Å². The van der Waals surface area contributed by atoms with Crippen molar-refractivity contribution < 1.29 is 21.6 Å². The Morgan fingerprint density at radius 2 is 1.50 bits per heavy atom. The first-order valence-electron chi connectivity index (χ1n) is 8.60. The van der Waals surface area contributed by atoms with E-state index in [0.717, 1.165) is 28.1 Å². The Kier molecular flexibility index (Phi) is 5.74. The van der Waals surface area contributed by atoms with E-state index in [0.29, 0.717) is 0 Å². The van der Waals surface area contributed by atoms with Crippen LogP contribution in [0.1, 0.15) is 17.2 Å². The molecule has 1 atom stereocenters. The first-order valence-corrected chi connectivity index (χ1v) is 10.0. The third kappa shape index (κ3) is 4.04. The average molecular weight is 409 g/mol. The predicted molar refractivity (Wildman–Crippen MR) is 96.6 cm³/mol. The molecule has 28 heavy (non-hydrogen) atoms. The lowest BCUT2D eigenvalue weighted by Crippen LogP contribution is -2.49. The minimum absolute atomic E-state index is 0.0134. The molecular weight excluding hydrogens is 391 g/mol. The molecule has 1 fully saturated rings. The molecule has 0 amide bonds. The van der Waals surface area contributed by atoms with E-state index < -0.39 is 32.7 Å². The highest BCUT2D eigenvalue weighted by molar-refractivity contribution is 7.89. The van der Waals surface area contributed by atoms with Crippen LogP contribution in [-0.2, 0) is 16.2 Å². The zero-order valence-electron chi connectivity index (χ0n) is 14.8. The molecule has 5 nitrogen and oxygen atoms in total. The van der Waals surface area contributed by atoms with Crippen LogP contribution in [0.25, 0.3) is 0 Å². The molecule has 1 aliphatic rings. The molecule has 0 radical (unpaired) electrons. The number of alkyl halides is 3. The first kappa shape index (κ1) is 20.3. The summed E-state index contributed by atoms with van der Waals surface area (Å²) in [4.78, 5) is 1.09. The van der Waals surface area contributed by atoms with Gasteiger partial charge in [0.15, 0.2) is 0 Å². The normalized spacial score (nSPS) is 17.8. The molecule has 2 aromatic carbocycles. The highest BCUT2D eigenvalue weighted by Crippen LogP contribution is 2.35. The summed E-state index contributed by atoms with van der Waals surface area (Å²) < 4.78 is 66.3. The van der Waals surface area contributed by atoms with E-state index in [2.05, 4.69) is 6.07 Å². The fourth-order valence-electron chi connectivity index (χ4n) is 3.27. The fraction of sp³-hybridized carbons (Fsp3) is 0.316. The van der Waals surface area contributed by atoms with E-state index >= 15 is 0 Å². The maximum absolute atomic E-state index is 13.2. The molecule has 0 aliphatic carbocycles. The van der Waals surface area contributed by atoms with Gasteiger partial charge in [0, 0.05) is 26.2 Å². The summed E-state index contributed by atoms with van der Waals surface area (Å²) in [5.74, 6) is 0. The standard InChI is InChI=1S/C19H18F3N3O2S/c20-19(21,22)16-8-4-5-9-18(16)28(26,27)25-12-10-24(11-13-25)17(14-23)15-6-2-1-3-7-15/h1-9,17H,10-13H2. The largest absolute Gasteiger partial charge is 0.417 e. The second-order valence-electron chi connectivity index (χ2n) is 6.38. The minimum atomic E-state index is -4.76. The van der Waals surface area contributed by atoms with Crippen molar-refractivity contribution in [2.45, 2.75) is 17.1 Å². The maximum Gasteiger partial charge on any atom is 0.417 e. The molecule has 9 heteroatoms. The molecule has 0 spiro atoms. The van der Waals surface area contributed by atoms with Gasteiger partial charge in [0.2, 0.25) is 10.0 Å². The Labute approximate surface area is 161 Å². The minimum Gasteiger partial charge on any atom is -0.282 e. The van der Waals surface area contributed by atoms with Crippen molar-refractivity contribution in [1.82, 2.24) is 9.21 Å². The van der Waals surface area contributed by atoms with Gasteiger partial charge >= 0.3 is 6.18 Å². The summed E-state index contributed by atoms with van der Waals surface area (Å²) in [5.41, 5.74) is -0.375. The second kappa shape index (κ2) is 7.91. The van der Waals surface area contributed by atoms with Gasteiger partial charge in [-0.2, -0.15) is 22.7 Å². The lowest BCUT2D eigenvalue weighted by atomic mass is 10.1. The van der Waals surface area contributed by atoms with Gasteiger partial charge in [-0.3, -0.25) is 4.90 Å². The number of nitriles is 1. The smallest absolute Gasteiger partial charge is 0.282 e. The molecule has 0 N–H and O–H groups in total. The summed E-state index contributed by atoms with van der Waals surface area (Å²) in [6.45, 7) is 0.528. The summed E-state index contributed by atoms with van der Waals surface area (Å²) in [5, 5.41) is 9.51. The van der Waals surface area contributed by atoms with E-state index in [4.69, 9.17) is 0 Å². The number of hydrogen-bond donors (Lipinski definition) is 0. The van der Waals surface area contributed by atoms with Gasteiger partial charge < -0.3 is 0 Å². The van der Waals surface area contributed by atoms with Crippen molar-refractivity contribution in [3.8, 4) is 6.07 Å². The fourth-order valence-corrected chi connectivity index (χ4v) is 4.90. The number of hydrogen-bond acceptors (Lipinski definition) is 4. The molecule has 1 saturated heterocycles. The molecule has 0 aromatic heterocycles. The van der Waals surface area contributed by atoms with Crippen LogP contribution in [0.4, 0.5) is 13.2 Å². The van der Waals surface area contributed by atoms with E-state index in [1.54, 1.807) is 0 Å². The maximum atomic E-state index is 13.2. The zero-order valence-corrected chi connectivity index (χ0v) is 15.6. The molecule has 148 valence electrons. The van der Waals surface area contributed by atoms with Crippen LogP contribution in [0.15, 0.2) is 59.5 Å². The van der Waals surface area contributed by atoms with Crippen molar-refractivity contribution in [1.29, 1.82) is 5.26 Å². The Morgan fingerprint density at radius 1 is 0.929 bits per heavy atom. The zero-order chi connectivity index (χ0) is 20.4. The Morgan fingerprint density at radius 3 is 2.07 bits per heavy atom. The highest BCUT2D eigenvalue weighted by Gasteiger charge is 2.40. The van der Waals surface area contributed by atoms with Crippen LogP contribution in [0.3, 0.4) is 0 Å². The van der Waals surface area contributed by atoms with Crippen LogP contribution < -0.4 is 0 Å². The van der Waals surface area contributed by atoms with Crippen LogP contribution in [0.5, 0.6) is 0 Å². The van der Waals surface area contributed by atoms with Crippen LogP contribution in [0.2, 0.25) is 0 Å². The number of rotatable bonds is 4. The van der Waals surface area contributed by atoms with Gasteiger partial charge in [-0.15, -0.1) is 0 Å².